The Kier molecular flexibility index (Phi) is 5.29. The fraction of sp³-hybridized carbons (Fsp3) is 0.143. The van der Waals surface area contributed by atoms with Crippen LogP contribution in [0.2, 0.25) is 0 Å². The highest BCUT2D eigenvalue weighted by Crippen LogP contribution is 2.23. The second-order valence-corrected chi connectivity index (χ2v) is 5.83. The molecule has 2 aromatic carbocycles. The van der Waals surface area contributed by atoms with Gasteiger partial charge in [-0.2, -0.15) is 0 Å². The van der Waals surface area contributed by atoms with Crippen LogP contribution in [0.25, 0.3) is 17.5 Å². The Bertz CT molecular complexity index is 887. The van der Waals surface area contributed by atoms with Crippen LogP contribution in [0, 0.1) is 0 Å². The van der Waals surface area contributed by atoms with Crippen molar-refractivity contribution in [2.24, 2.45) is 0 Å². The maximum absolute atomic E-state index is 12.2. The van der Waals surface area contributed by atoms with Crippen LogP contribution >= 0.6 is 0 Å². The summed E-state index contributed by atoms with van der Waals surface area (Å²) in [4.78, 5) is 16.4. The average molecular weight is 349 g/mol. The first-order chi connectivity index (χ1) is 12.6. The quantitative estimate of drug-likeness (QED) is 0.690. The molecular formula is C21H19NO4. The van der Waals surface area contributed by atoms with E-state index in [1.54, 1.807) is 6.08 Å². The van der Waals surface area contributed by atoms with Crippen molar-refractivity contribution in [1.82, 2.24) is 4.98 Å². The summed E-state index contributed by atoms with van der Waals surface area (Å²) in [6.07, 6.45) is 4.51. The lowest BCUT2D eigenvalue weighted by molar-refractivity contribution is -0.157. The van der Waals surface area contributed by atoms with Gasteiger partial charge >= 0.3 is 5.97 Å². The fourth-order valence-corrected chi connectivity index (χ4v) is 2.54. The van der Waals surface area contributed by atoms with Crippen molar-refractivity contribution in [2.75, 3.05) is 7.11 Å². The number of oxazole rings is 1. The number of nitrogens with zero attached hydrogens (tertiary/aromatic N) is 1. The van der Waals surface area contributed by atoms with E-state index >= 15 is 0 Å². The van der Waals surface area contributed by atoms with Gasteiger partial charge in [-0.25, -0.2) is 9.78 Å². The third-order valence-corrected chi connectivity index (χ3v) is 3.91. The molecule has 3 aromatic rings. The molecule has 1 atom stereocenters. The Hall–Kier alpha value is -3.18. The van der Waals surface area contributed by atoms with Gasteiger partial charge in [-0.05, 0) is 23.8 Å². The Morgan fingerprint density at radius 3 is 2.46 bits per heavy atom. The van der Waals surface area contributed by atoms with Gasteiger partial charge in [-0.1, -0.05) is 54.6 Å². The number of esters is 1. The standard InChI is InChI=1S/C21H19NO4/c1-25-20(23)21(24,13-12-16-8-4-2-5-9-16)14-18-15-22-19(26-18)17-10-6-3-7-11-17/h2-13,15,24H,14H2,1H3/b13-12+/t21-/m0/s1. The Morgan fingerprint density at radius 2 is 1.81 bits per heavy atom. The minimum atomic E-state index is -1.85. The molecule has 1 N–H and O–H groups in total. The highest BCUT2D eigenvalue weighted by Gasteiger charge is 2.36. The molecule has 0 saturated carbocycles. The Morgan fingerprint density at radius 1 is 1.15 bits per heavy atom. The summed E-state index contributed by atoms with van der Waals surface area (Å²) in [5, 5.41) is 10.8. The van der Waals surface area contributed by atoms with E-state index < -0.39 is 11.6 Å². The number of aromatic nitrogens is 1. The van der Waals surface area contributed by atoms with Gasteiger partial charge in [0.05, 0.1) is 19.7 Å². The predicted octanol–water partition coefficient (Wildman–Crippen LogP) is 3.50. The van der Waals surface area contributed by atoms with Crippen LogP contribution in [0.3, 0.4) is 0 Å². The van der Waals surface area contributed by atoms with Crippen molar-refractivity contribution in [1.29, 1.82) is 0 Å². The maximum Gasteiger partial charge on any atom is 0.342 e. The zero-order valence-electron chi connectivity index (χ0n) is 14.3. The topological polar surface area (TPSA) is 72.6 Å². The van der Waals surface area contributed by atoms with Crippen LogP contribution in [0.15, 0.2) is 77.4 Å². The van der Waals surface area contributed by atoms with Gasteiger partial charge in [0.2, 0.25) is 5.89 Å². The molecule has 0 bridgehead atoms. The van der Waals surface area contributed by atoms with Crippen LogP contribution < -0.4 is 0 Å². The molecule has 0 radical (unpaired) electrons. The third-order valence-electron chi connectivity index (χ3n) is 3.91. The van der Waals surface area contributed by atoms with E-state index in [9.17, 15) is 9.90 Å². The number of ether oxygens (including phenoxy) is 1. The van der Waals surface area contributed by atoms with E-state index in [0.717, 1.165) is 11.1 Å². The SMILES string of the molecule is COC(=O)[C@](O)(/C=C/c1ccccc1)Cc1cnc(-c2ccccc2)o1. The first-order valence-corrected chi connectivity index (χ1v) is 8.16. The maximum atomic E-state index is 12.2. The summed E-state index contributed by atoms with van der Waals surface area (Å²) < 4.78 is 10.5. The van der Waals surface area contributed by atoms with Crippen LogP contribution in [-0.2, 0) is 16.0 Å². The lowest BCUT2D eigenvalue weighted by Crippen LogP contribution is -2.39. The number of rotatable bonds is 6. The van der Waals surface area contributed by atoms with E-state index in [4.69, 9.17) is 9.15 Å². The molecule has 132 valence electrons. The minimum Gasteiger partial charge on any atom is -0.467 e. The summed E-state index contributed by atoms with van der Waals surface area (Å²) in [5.74, 6) is 0.0525. The molecule has 0 aliphatic carbocycles. The first kappa shape index (κ1) is 17.6. The van der Waals surface area contributed by atoms with E-state index in [0.29, 0.717) is 11.7 Å². The molecule has 0 saturated heterocycles. The van der Waals surface area contributed by atoms with Crippen molar-refractivity contribution in [2.45, 2.75) is 12.0 Å². The lowest BCUT2D eigenvalue weighted by atomic mass is 9.97. The zero-order chi connectivity index (χ0) is 18.4. The Balaban J connectivity index is 1.84. The van der Waals surface area contributed by atoms with Crippen molar-refractivity contribution < 1.29 is 19.1 Å². The molecule has 5 nitrogen and oxygen atoms in total. The van der Waals surface area contributed by atoms with Gasteiger partial charge in [0.15, 0.2) is 5.60 Å². The number of hydrogen-bond donors (Lipinski definition) is 1. The van der Waals surface area contributed by atoms with Crippen LogP contribution in [0.4, 0.5) is 0 Å². The second kappa shape index (κ2) is 7.80. The van der Waals surface area contributed by atoms with E-state index in [-0.39, 0.29) is 6.42 Å². The van der Waals surface area contributed by atoms with E-state index in [1.165, 1.54) is 19.4 Å². The summed E-state index contributed by atoms with van der Waals surface area (Å²) in [5.41, 5.74) is -0.171. The Labute approximate surface area is 151 Å². The highest BCUT2D eigenvalue weighted by molar-refractivity contribution is 5.83. The number of carbonyl (C=O) groups excluding carboxylic acids is 1. The van der Waals surface area contributed by atoms with Gasteiger partial charge in [-0.3, -0.25) is 0 Å². The third kappa shape index (κ3) is 4.07. The summed E-state index contributed by atoms with van der Waals surface area (Å²) in [6, 6.07) is 18.8. The summed E-state index contributed by atoms with van der Waals surface area (Å²) >= 11 is 0. The molecule has 1 aromatic heterocycles. The van der Waals surface area contributed by atoms with Gasteiger partial charge in [0.1, 0.15) is 5.76 Å². The van der Waals surface area contributed by atoms with Gasteiger partial charge in [0, 0.05) is 5.56 Å². The van der Waals surface area contributed by atoms with Crippen molar-refractivity contribution in [3.8, 4) is 11.5 Å². The molecule has 0 unspecified atom stereocenters. The molecule has 0 aliphatic rings. The predicted molar refractivity (Wildman–Crippen MR) is 98.1 cm³/mol. The molecule has 0 aliphatic heterocycles. The molecule has 0 spiro atoms. The van der Waals surface area contributed by atoms with E-state index in [1.807, 2.05) is 60.7 Å². The average Bonchev–Trinajstić information content (AvgIpc) is 3.15. The normalized spacial score (nSPS) is 13.5. The number of carbonyl (C=O) groups is 1. The van der Waals surface area contributed by atoms with Gasteiger partial charge in [0.25, 0.3) is 0 Å². The van der Waals surface area contributed by atoms with Crippen LogP contribution in [-0.4, -0.2) is 28.8 Å². The molecule has 5 heteroatoms. The molecule has 1 heterocycles. The fourth-order valence-electron chi connectivity index (χ4n) is 2.54. The van der Waals surface area contributed by atoms with E-state index in [2.05, 4.69) is 4.98 Å². The number of methoxy groups -OCH3 is 1. The van der Waals surface area contributed by atoms with Crippen molar-refractivity contribution in [3.05, 3.63) is 84.3 Å². The smallest absolute Gasteiger partial charge is 0.342 e. The largest absolute Gasteiger partial charge is 0.467 e. The monoisotopic (exact) mass is 349 g/mol. The van der Waals surface area contributed by atoms with Crippen LogP contribution in [0.1, 0.15) is 11.3 Å². The van der Waals surface area contributed by atoms with Crippen LogP contribution in [0.5, 0.6) is 0 Å². The first-order valence-electron chi connectivity index (χ1n) is 8.16. The number of benzene rings is 2. The summed E-state index contributed by atoms with van der Waals surface area (Å²) in [7, 11) is 1.24. The molecule has 26 heavy (non-hydrogen) atoms. The minimum absolute atomic E-state index is 0.0805. The second-order valence-electron chi connectivity index (χ2n) is 5.83. The van der Waals surface area contributed by atoms with Crippen molar-refractivity contribution in [3.63, 3.8) is 0 Å². The van der Waals surface area contributed by atoms with Crippen molar-refractivity contribution >= 4 is 12.0 Å². The molecule has 3 rings (SSSR count). The molecular weight excluding hydrogens is 330 g/mol. The number of aliphatic hydroxyl groups is 1. The highest BCUT2D eigenvalue weighted by atomic mass is 16.5. The number of hydrogen-bond acceptors (Lipinski definition) is 5. The molecule has 0 fully saturated rings. The molecule has 0 amide bonds. The van der Waals surface area contributed by atoms with Gasteiger partial charge in [-0.15, -0.1) is 0 Å². The zero-order valence-corrected chi connectivity index (χ0v) is 14.3. The summed E-state index contributed by atoms with van der Waals surface area (Å²) in [6.45, 7) is 0. The van der Waals surface area contributed by atoms with Gasteiger partial charge < -0.3 is 14.3 Å². The lowest BCUT2D eigenvalue weighted by Gasteiger charge is -2.20.